The minimum Gasteiger partial charge on any atom is -0.456 e. The van der Waals surface area contributed by atoms with Crippen molar-refractivity contribution < 1.29 is 4.42 Å². The van der Waals surface area contributed by atoms with Crippen molar-refractivity contribution in [1.82, 2.24) is 4.57 Å². The maximum atomic E-state index is 6.25. The third-order valence-electron chi connectivity index (χ3n) is 12.4. The summed E-state index contributed by atoms with van der Waals surface area (Å²) in [6.45, 7) is 0. The Hall–Kier alpha value is -8.40. The first-order valence-electron chi connectivity index (χ1n) is 21.5. The molecular formula is C60H40N2O. The van der Waals surface area contributed by atoms with Gasteiger partial charge in [-0.15, -0.1) is 0 Å². The van der Waals surface area contributed by atoms with Gasteiger partial charge in [0.25, 0.3) is 0 Å². The van der Waals surface area contributed by atoms with E-state index in [0.29, 0.717) is 0 Å². The quantitative estimate of drug-likeness (QED) is 0.153. The van der Waals surface area contributed by atoms with Crippen LogP contribution in [0.25, 0.3) is 93.9 Å². The van der Waals surface area contributed by atoms with Crippen LogP contribution in [0, 0.1) is 0 Å². The number of furan rings is 1. The van der Waals surface area contributed by atoms with Crippen LogP contribution in [0.5, 0.6) is 0 Å². The lowest BCUT2D eigenvalue weighted by atomic mass is 9.97. The molecule has 0 radical (unpaired) electrons. The fourth-order valence-electron chi connectivity index (χ4n) is 9.35. The number of nitrogens with zero attached hydrogens (tertiary/aromatic N) is 2. The van der Waals surface area contributed by atoms with Gasteiger partial charge in [-0.1, -0.05) is 170 Å². The van der Waals surface area contributed by atoms with E-state index >= 15 is 0 Å². The summed E-state index contributed by atoms with van der Waals surface area (Å²) in [6.07, 6.45) is 0. The van der Waals surface area contributed by atoms with Gasteiger partial charge >= 0.3 is 0 Å². The molecular weight excluding hydrogens is 765 g/mol. The highest BCUT2D eigenvalue weighted by molar-refractivity contribution is 6.10. The number of rotatable bonds is 8. The first-order chi connectivity index (χ1) is 31.2. The second-order valence-corrected chi connectivity index (χ2v) is 16.1. The molecule has 0 aliphatic rings. The van der Waals surface area contributed by atoms with E-state index in [1.165, 1.54) is 55.2 Å². The highest BCUT2D eigenvalue weighted by Crippen LogP contribution is 2.41. The van der Waals surface area contributed by atoms with Crippen molar-refractivity contribution >= 4 is 60.8 Å². The highest BCUT2D eigenvalue weighted by atomic mass is 16.3. The van der Waals surface area contributed by atoms with Gasteiger partial charge in [0.2, 0.25) is 0 Å². The van der Waals surface area contributed by atoms with E-state index in [9.17, 15) is 0 Å². The average molecular weight is 805 g/mol. The number of anilines is 3. The van der Waals surface area contributed by atoms with Crippen LogP contribution in [0.2, 0.25) is 0 Å². The van der Waals surface area contributed by atoms with Gasteiger partial charge in [0.05, 0.1) is 16.7 Å². The number of para-hydroxylation sites is 4. The molecule has 0 fully saturated rings. The van der Waals surface area contributed by atoms with Crippen molar-refractivity contribution in [2.24, 2.45) is 0 Å². The Morgan fingerprint density at radius 2 is 0.746 bits per heavy atom. The number of benzene rings is 10. The number of fused-ring (bicyclic) bond motifs is 6. The zero-order chi connectivity index (χ0) is 41.7. The van der Waals surface area contributed by atoms with E-state index < -0.39 is 0 Å². The monoisotopic (exact) mass is 804 g/mol. The molecule has 12 rings (SSSR count). The van der Waals surface area contributed by atoms with Crippen LogP contribution in [0.4, 0.5) is 17.1 Å². The van der Waals surface area contributed by atoms with Gasteiger partial charge in [0.1, 0.15) is 11.2 Å². The average Bonchev–Trinajstić information content (AvgIpc) is 3.90. The lowest BCUT2D eigenvalue weighted by molar-refractivity contribution is 0.669. The summed E-state index contributed by atoms with van der Waals surface area (Å²) in [4.78, 5) is 2.34. The van der Waals surface area contributed by atoms with Crippen LogP contribution in [-0.4, -0.2) is 4.57 Å². The van der Waals surface area contributed by atoms with Crippen molar-refractivity contribution in [3.05, 3.63) is 243 Å². The summed E-state index contributed by atoms with van der Waals surface area (Å²) in [7, 11) is 0. The Morgan fingerprint density at radius 3 is 1.41 bits per heavy atom. The normalized spacial score (nSPS) is 11.5. The Kier molecular flexibility index (Phi) is 8.83. The molecule has 3 nitrogen and oxygen atoms in total. The summed E-state index contributed by atoms with van der Waals surface area (Å²) in [5, 5.41) is 4.72. The van der Waals surface area contributed by atoms with Crippen molar-refractivity contribution in [2.75, 3.05) is 4.90 Å². The molecule has 0 saturated heterocycles. The van der Waals surface area contributed by atoms with E-state index in [2.05, 4.69) is 240 Å². The first-order valence-corrected chi connectivity index (χ1v) is 21.5. The van der Waals surface area contributed by atoms with Gasteiger partial charge in [-0.25, -0.2) is 0 Å². The van der Waals surface area contributed by atoms with Crippen LogP contribution in [0.1, 0.15) is 0 Å². The smallest absolute Gasteiger partial charge is 0.135 e. The van der Waals surface area contributed by atoms with Crippen molar-refractivity contribution in [3.8, 4) is 50.2 Å². The van der Waals surface area contributed by atoms with Gasteiger partial charge in [-0.2, -0.15) is 0 Å². The summed E-state index contributed by atoms with van der Waals surface area (Å²) in [5.41, 5.74) is 18.0. The Labute approximate surface area is 366 Å². The Balaban J connectivity index is 0.912. The minimum absolute atomic E-state index is 0.879. The standard InChI is InChI=1S/C60H40N2O/c1-2-13-41(14-3-1)42-25-27-43(28-26-42)44-29-33-48(34-30-44)61(50-37-38-60-55(40-50)54-20-7-11-24-59(54)63-60)49-35-31-45(32-36-49)46-15-12-16-47(39-46)51-17-4-8-21-56(51)62-57-22-9-5-18-52(57)53-19-6-10-23-58(53)62/h1-40H. The molecule has 0 unspecified atom stereocenters. The predicted molar refractivity (Wildman–Crippen MR) is 264 cm³/mol. The van der Waals surface area contributed by atoms with Crippen molar-refractivity contribution in [2.45, 2.75) is 0 Å². The molecule has 3 heteroatoms. The van der Waals surface area contributed by atoms with E-state index in [0.717, 1.165) is 55.8 Å². The summed E-state index contributed by atoms with van der Waals surface area (Å²) >= 11 is 0. The predicted octanol–water partition coefficient (Wildman–Crippen LogP) is 16.8. The second kappa shape index (κ2) is 15.3. The van der Waals surface area contributed by atoms with Crippen molar-refractivity contribution in [1.29, 1.82) is 0 Å². The molecule has 0 saturated carbocycles. The molecule has 10 aromatic carbocycles. The second-order valence-electron chi connectivity index (χ2n) is 16.1. The van der Waals surface area contributed by atoms with Gasteiger partial charge in [0, 0.05) is 44.2 Å². The van der Waals surface area contributed by atoms with Gasteiger partial charge in [-0.05, 0) is 112 Å². The lowest BCUT2D eigenvalue weighted by Gasteiger charge is -2.26. The van der Waals surface area contributed by atoms with E-state index in [-0.39, 0.29) is 0 Å². The molecule has 2 aromatic heterocycles. The molecule has 0 aliphatic carbocycles. The van der Waals surface area contributed by atoms with E-state index in [4.69, 9.17) is 4.42 Å². The van der Waals surface area contributed by atoms with Gasteiger partial charge in [-0.3, -0.25) is 0 Å². The van der Waals surface area contributed by atoms with Crippen LogP contribution in [0.15, 0.2) is 247 Å². The SMILES string of the molecule is c1ccc(-c2ccc(-c3ccc(N(c4ccc(-c5cccc(-c6ccccc6-n6c7ccccc7c7ccccc76)c5)cc4)c4ccc5oc6ccccc6c5c4)cc3)cc2)cc1. The van der Waals surface area contributed by atoms with Crippen LogP contribution < -0.4 is 4.90 Å². The number of hydrogen-bond donors (Lipinski definition) is 0. The largest absolute Gasteiger partial charge is 0.456 e. The fraction of sp³-hybridized carbons (Fsp3) is 0. The summed E-state index contributed by atoms with van der Waals surface area (Å²) in [6, 6.07) is 87.1. The third-order valence-corrected chi connectivity index (χ3v) is 12.4. The molecule has 12 aromatic rings. The summed E-state index contributed by atoms with van der Waals surface area (Å²) in [5.74, 6) is 0. The Bertz CT molecular complexity index is 3550. The molecule has 0 aliphatic heterocycles. The maximum absolute atomic E-state index is 6.25. The molecule has 0 amide bonds. The van der Waals surface area contributed by atoms with Crippen LogP contribution >= 0.6 is 0 Å². The van der Waals surface area contributed by atoms with Crippen LogP contribution in [-0.2, 0) is 0 Å². The molecule has 0 atom stereocenters. The molecule has 296 valence electrons. The van der Waals surface area contributed by atoms with Crippen molar-refractivity contribution in [3.63, 3.8) is 0 Å². The molecule has 0 N–H and O–H groups in total. The van der Waals surface area contributed by atoms with E-state index in [1.807, 2.05) is 12.1 Å². The minimum atomic E-state index is 0.879. The van der Waals surface area contributed by atoms with Crippen LogP contribution in [0.3, 0.4) is 0 Å². The molecule has 0 bridgehead atoms. The third kappa shape index (κ3) is 6.46. The fourth-order valence-corrected chi connectivity index (χ4v) is 9.35. The topological polar surface area (TPSA) is 21.3 Å². The Morgan fingerprint density at radius 1 is 0.286 bits per heavy atom. The summed E-state index contributed by atoms with van der Waals surface area (Å²) < 4.78 is 8.66. The molecule has 63 heavy (non-hydrogen) atoms. The molecule has 0 spiro atoms. The zero-order valence-electron chi connectivity index (χ0n) is 34.4. The zero-order valence-corrected chi connectivity index (χ0v) is 34.4. The van der Waals surface area contributed by atoms with Gasteiger partial charge in [0.15, 0.2) is 0 Å². The highest BCUT2D eigenvalue weighted by Gasteiger charge is 2.18. The first kappa shape index (κ1) is 36.5. The number of hydrogen-bond acceptors (Lipinski definition) is 2. The molecule has 2 heterocycles. The van der Waals surface area contributed by atoms with Gasteiger partial charge < -0.3 is 13.9 Å². The number of aromatic nitrogens is 1. The lowest BCUT2D eigenvalue weighted by Crippen LogP contribution is -2.09. The maximum Gasteiger partial charge on any atom is 0.135 e. The van der Waals surface area contributed by atoms with E-state index in [1.54, 1.807) is 0 Å².